The summed E-state index contributed by atoms with van der Waals surface area (Å²) in [6, 6.07) is 64.2. The van der Waals surface area contributed by atoms with E-state index >= 15 is 0 Å². The van der Waals surface area contributed by atoms with Crippen molar-refractivity contribution in [2.24, 2.45) is 10.8 Å². The van der Waals surface area contributed by atoms with Gasteiger partial charge in [-0.3, -0.25) is 9.59 Å². The number of hydrogen-bond donors (Lipinski definition) is 3. The zero-order chi connectivity index (χ0) is 48.5. The third kappa shape index (κ3) is 12.6. The minimum Gasteiger partial charge on any atom is -1.00 e. The van der Waals surface area contributed by atoms with Gasteiger partial charge >= 0.3 is 116 Å². The van der Waals surface area contributed by atoms with Crippen molar-refractivity contribution in [1.29, 1.82) is 0 Å². The summed E-state index contributed by atoms with van der Waals surface area (Å²) in [5.74, 6) is -0.347. The number of esters is 1. The van der Waals surface area contributed by atoms with E-state index in [9.17, 15) is 14.9 Å². The number of aliphatic hydroxyl groups is 1. The molecule has 4 unspecified atom stereocenters. The van der Waals surface area contributed by atoms with Crippen molar-refractivity contribution < 1.29 is 139 Å². The summed E-state index contributed by atoms with van der Waals surface area (Å²) in [4.78, 5) is 25.3. The smallest absolute Gasteiger partial charge is 1.00 e. The minimum atomic E-state index is -0.849. The van der Waals surface area contributed by atoms with E-state index in [4.69, 9.17) is 14.8 Å². The van der Waals surface area contributed by atoms with Gasteiger partial charge < -0.3 is 31.7 Å². The van der Waals surface area contributed by atoms with E-state index < -0.39 is 30.7 Å². The Bertz CT molecular complexity index is 3000. The Morgan fingerprint density at radius 3 is 1.53 bits per heavy atom. The van der Waals surface area contributed by atoms with Gasteiger partial charge in [-0.1, -0.05) is 211 Å². The summed E-state index contributed by atoms with van der Waals surface area (Å²) < 4.78 is 6.62. The van der Waals surface area contributed by atoms with Crippen molar-refractivity contribution in [3.63, 3.8) is 0 Å². The molecule has 0 spiro atoms. The fraction of sp³-hybridized carbons (Fsp3) is 0.213. The predicted octanol–water partition coefficient (Wildman–Crippen LogP) is 3.71. The number of hydrogen-bond acceptors (Lipinski definition) is 8. The maximum absolute atomic E-state index is 14.0. The monoisotopic (exact) mass is 1010 g/mol. The van der Waals surface area contributed by atoms with E-state index in [1.807, 2.05) is 48.5 Å². The van der Waals surface area contributed by atoms with Crippen LogP contribution >= 0.6 is 0 Å². The molecule has 0 heterocycles. The van der Waals surface area contributed by atoms with Crippen LogP contribution in [0.1, 0.15) is 74.8 Å². The van der Waals surface area contributed by atoms with E-state index in [1.165, 1.54) is 55.7 Å². The number of aliphatic hydroxyl groups excluding tert-OH is 1. The van der Waals surface area contributed by atoms with Gasteiger partial charge in [-0.25, -0.2) is 0 Å². The van der Waals surface area contributed by atoms with Crippen molar-refractivity contribution >= 4 is 31.6 Å². The molecule has 7 aromatic carbocycles. The Balaban J connectivity index is 0.000000228. The average molecular weight is 1010 g/mol. The molecule has 0 bridgehead atoms. The van der Waals surface area contributed by atoms with Crippen molar-refractivity contribution in [2.45, 2.75) is 70.0 Å². The number of carbonyl (C=O) groups is 2. The maximum atomic E-state index is 14.0. The van der Waals surface area contributed by atoms with Crippen LogP contribution in [0.15, 0.2) is 199 Å². The van der Waals surface area contributed by atoms with E-state index in [0.717, 1.165) is 55.2 Å². The van der Waals surface area contributed by atoms with Gasteiger partial charge in [-0.2, -0.15) is 0 Å². The number of ether oxygens (including phenoxy) is 1. The SMILES string of the molecule is CB(O)N[C@H](Cc1ccccc1)C(=O)OC1c2ccccc2CC1(Cc1ccccc1)C1=Cc2ccccc2C1.O=CO[O-].OC1c2ccccc2CC1(Cc1ccccc1)C1=Cc2ccccc2C1.[H-].[K+].[K+]. The Kier molecular flexibility index (Phi) is 20.2. The van der Waals surface area contributed by atoms with Gasteiger partial charge in [0.15, 0.2) is 0 Å². The third-order valence-electron chi connectivity index (χ3n) is 14.5. The van der Waals surface area contributed by atoms with Crippen LogP contribution in [0, 0.1) is 10.8 Å². The van der Waals surface area contributed by atoms with Gasteiger partial charge in [-0.15, -0.1) is 0 Å². The van der Waals surface area contributed by atoms with Gasteiger partial charge in [0.05, 0.1) is 6.10 Å². The molecule has 72 heavy (non-hydrogen) atoms. The third-order valence-corrected chi connectivity index (χ3v) is 14.5. The molecule has 0 aliphatic heterocycles. The molecule has 3 N–H and O–H groups in total. The van der Waals surface area contributed by atoms with Gasteiger partial charge in [0.1, 0.15) is 12.1 Å². The Labute approximate surface area is 510 Å². The summed E-state index contributed by atoms with van der Waals surface area (Å²) in [5, 5.41) is 33.1. The Morgan fingerprint density at radius 2 is 1.04 bits per heavy atom. The molecule has 354 valence electrons. The Morgan fingerprint density at radius 1 is 0.639 bits per heavy atom. The van der Waals surface area contributed by atoms with Crippen LogP contribution < -0.4 is 113 Å². The summed E-state index contributed by atoms with van der Waals surface area (Å²) in [6.07, 6.45) is 9.26. The number of fused-ring (bicyclic) bond motifs is 4. The molecule has 0 aromatic heterocycles. The van der Waals surface area contributed by atoms with E-state index in [2.05, 4.69) is 162 Å². The number of benzene rings is 7. The van der Waals surface area contributed by atoms with Crippen molar-refractivity contribution in [1.82, 2.24) is 5.23 Å². The van der Waals surface area contributed by atoms with Crippen LogP contribution in [0.2, 0.25) is 6.82 Å². The summed E-state index contributed by atoms with van der Waals surface area (Å²) in [7, 11) is -0.849. The fourth-order valence-electron chi connectivity index (χ4n) is 11.3. The first kappa shape index (κ1) is 55.9. The minimum absolute atomic E-state index is 0. The molecule has 7 aromatic rings. The molecule has 8 nitrogen and oxygen atoms in total. The first-order chi connectivity index (χ1) is 34.2. The maximum Gasteiger partial charge on any atom is 1.00 e. The average Bonchev–Trinajstić information content (AvgIpc) is 4.17. The second kappa shape index (κ2) is 26.1. The van der Waals surface area contributed by atoms with Crippen LogP contribution in [0.5, 0.6) is 0 Å². The van der Waals surface area contributed by atoms with E-state index in [-0.39, 0.29) is 122 Å². The summed E-state index contributed by atoms with van der Waals surface area (Å²) in [5.41, 5.74) is 15.4. The molecule has 0 saturated heterocycles. The van der Waals surface area contributed by atoms with E-state index in [1.54, 1.807) is 6.82 Å². The zero-order valence-corrected chi connectivity index (χ0v) is 47.6. The van der Waals surface area contributed by atoms with E-state index in [0.29, 0.717) is 6.42 Å². The number of nitrogens with one attached hydrogen (secondary N) is 1. The largest absolute Gasteiger partial charge is 1.00 e. The number of carbonyl (C=O) groups excluding carboxylic acids is 2. The van der Waals surface area contributed by atoms with Gasteiger partial charge in [0.25, 0.3) is 6.47 Å². The molecule has 0 radical (unpaired) electrons. The number of rotatable bonds is 13. The first-order valence-corrected chi connectivity index (χ1v) is 24.1. The topological polar surface area (TPSA) is 128 Å². The molecule has 5 atom stereocenters. The van der Waals surface area contributed by atoms with Crippen LogP contribution in [-0.4, -0.2) is 35.7 Å². The van der Waals surface area contributed by atoms with Crippen molar-refractivity contribution in [2.75, 3.05) is 0 Å². The van der Waals surface area contributed by atoms with Crippen molar-refractivity contribution in [3.8, 4) is 0 Å². The second-order valence-electron chi connectivity index (χ2n) is 19.0. The predicted molar refractivity (Wildman–Crippen MR) is 275 cm³/mol. The molecule has 0 fully saturated rings. The molecular weight excluding hydrogens is 948 g/mol. The normalized spacial score (nSPS) is 19.8. The van der Waals surface area contributed by atoms with Gasteiger partial charge in [0.2, 0.25) is 0 Å². The summed E-state index contributed by atoms with van der Waals surface area (Å²) in [6.45, 7) is 1.45. The van der Waals surface area contributed by atoms with Crippen LogP contribution in [0.3, 0.4) is 0 Å². The quantitative estimate of drug-likeness (QED) is 0.0526. The van der Waals surface area contributed by atoms with Gasteiger partial charge in [-0.05, 0) is 113 Å². The first-order valence-electron chi connectivity index (χ1n) is 24.1. The molecule has 4 aliphatic carbocycles. The standard InChI is InChI=1S/C35H34BNO3.C25H22O.CH2O3.2K.H/c1-36(39)37-32(20-25-12-4-2-5-13-25)34(38)40-33-31-19-11-10-18-29(31)24-35(33,23-26-14-6-3-7-15-26)30-21-27-16-8-9-17-28(27)22-30;26-24-23-13-7-6-12-21(23)17-25(24,16-18-8-2-1-3-9-18)22-14-19-10-4-5-11-20(19)15-22;2-1-4-3;;;/h2-19,21,32-33,37,39H,20,22-24H2,1H3;1-14,24,26H,15-17H2;1,3H;;;/q;;;2*+1;-1/p-1/t32-,33?,35?;;;;;/m1...../s1. The Hall–Kier alpha value is -3.86. The van der Waals surface area contributed by atoms with Crippen LogP contribution in [0.4, 0.5) is 0 Å². The molecule has 0 saturated carbocycles. The van der Waals surface area contributed by atoms with Crippen LogP contribution in [0.25, 0.3) is 12.2 Å². The molecule has 4 aliphatic rings. The zero-order valence-electron chi connectivity index (χ0n) is 42.3. The van der Waals surface area contributed by atoms with Gasteiger partial charge in [0, 0.05) is 10.8 Å². The summed E-state index contributed by atoms with van der Waals surface area (Å²) >= 11 is 0. The fourth-order valence-corrected chi connectivity index (χ4v) is 11.3. The molecular formula is C61H58BK2NO7. The van der Waals surface area contributed by atoms with Crippen molar-refractivity contribution in [3.05, 3.63) is 260 Å². The molecule has 11 heteroatoms. The second-order valence-corrected chi connectivity index (χ2v) is 19.0. The molecule has 0 amide bonds. The molecule has 11 rings (SSSR count). The van der Waals surface area contributed by atoms with Crippen LogP contribution in [-0.2, 0) is 64.2 Å².